The zero-order valence-electron chi connectivity index (χ0n) is 13.8. The van der Waals surface area contributed by atoms with Crippen molar-refractivity contribution in [1.82, 2.24) is 0 Å². The van der Waals surface area contributed by atoms with Crippen molar-refractivity contribution in [2.75, 3.05) is 22.4 Å². The molecule has 0 fully saturated rings. The molecule has 5 nitrogen and oxygen atoms in total. The third-order valence-electron chi connectivity index (χ3n) is 3.53. The van der Waals surface area contributed by atoms with Crippen molar-refractivity contribution in [2.24, 2.45) is 0 Å². The molecular formula is C17H18F2N2O3S. The molecule has 134 valence electrons. The van der Waals surface area contributed by atoms with E-state index in [4.69, 9.17) is 0 Å². The van der Waals surface area contributed by atoms with Crippen molar-refractivity contribution >= 4 is 27.3 Å². The first-order chi connectivity index (χ1) is 11.7. The smallest absolute Gasteiger partial charge is 0.245 e. The van der Waals surface area contributed by atoms with E-state index in [-0.39, 0.29) is 5.69 Å². The number of aryl methyl sites for hydroxylation is 1. The van der Waals surface area contributed by atoms with Gasteiger partial charge in [-0.05, 0) is 36.2 Å². The second-order valence-electron chi connectivity index (χ2n) is 5.46. The Balaban J connectivity index is 2.20. The molecule has 0 aromatic heterocycles. The number of carbonyl (C=O) groups excluding carboxylic acids is 1. The molecule has 0 heterocycles. The fraction of sp³-hybridized carbons (Fsp3) is 0.235. The molecule has 0 spiro atoms. The van der Waals surface area contributed by atoms with Gasteiger partial charge in [0.15, 0.2) is 0 Å². The Bertz CT molecular complexity index is 868. The maximum Gasteiger partial charge on any atom is 0.245 e. The summed E-state index contributed by atoms with van der Waals surface area (Å²) in [4.78, 5) is 12.1. The predicted octanol–water partition coefficient (Wildman–Crippen LogP) is 2.93. The van der Waals surface area contributed by atoms with Crippen molar-refractivity contribution in [3.63, 3.8) is 0 Å². The highest BCUT2D eigenvalue weighted by atomic mass is 32.2. The summed E-state index contributed by atoms with van der Waals surface area (Å²) >= 11 is 0. The van der Waals surface area contributed by atoms with Gasteiger partial charge in [0.2, 0.25) is 15.9 Å². The second-order valence-corrected chi connectivity index (χ2v) is 7.37. The van der Waals surface area contributed by atoms with E-state index in [2.05, 4.69) is 5.32 Å². The van der Waals surface area contributed by atoms with Crippen molar-refractivity contribution in [3.05, 3.63) is 59.7 Å². The van der Waals surface area contributed by atoms with Gasteiger partial charge in [-0.15, -0.1) is 0 Å². The number of benzene rings is 2. The van der Waals surface area contributed by atoms with Gasteiger partial charge in [-0.2, -0.15) is 0 Å². The van der Waals surface area contributed by atoms with E-state index in [0.717, 1.165) is 34.7 Å². The Kier molecular flexibility index (Phi) is 5.73. The topological polar surface area (TPSA) is 66.5 Å². The minimum absolute atomic E-state index is 0.221. The molecule has 0 aliphatic carbocycles. The summed E-state index contributed by atoms with van der Waals surface area (Å²) in [6.45, 7) is 1.44. The molecule has 1 amide bonds. The van der Waals surface area contributed by atoms with Gasteiger partial charge < -0.3 is 5.32 Å². The van der Waals surface area contributed by atoms with E-state index in [1.807, 2.05) is 6.92 Å². The lowest BCUT2D eigenvalue weighted by atomic mass is 10.1. The average Bonchev–Trinajstić information content (AvgIpc) is 2.54. The molecule has 2 aromatic rings. The second kappa shape index (κ2) is 7.60. The van der Waals surface area contributed by atoms with Crippen LogP contribution in [0.3, 0.4) is 0 Å². The molecule has 0 radical (unpaired) electrons. The van der Waals surface area contributed by atoms with Crippen LogP contribution in [0.5, 0.6) is 0 Å². The molecule has 8 heteroatoms. The molecule has 2 rings (SSSR count). The zero-order valence-corrected chi connectivity index (χ0v) is 14.6. The van der Waals surface area contributed by atoms with Crippen molar-refractivity contribution < 1.29 is 22.0 Å². The van der Waals surface area contributed by atoms with Crippen LogP contribution in [-0.2, 0) is 21.2 Å². The number of halogens is 2. The monoisotopic (exact) mass is 368 g/mol. The molecular weight excluding hydrogens is 350 g/mol. The number of rotatable bonds is 6. The minimum atomic E-state index is -3.72. The number of sulfonamides is 1. The number of hydrogen-bond acceptors (Lipinski definition) is 3. The molecule has 1 N–H and O–H groups in total. The van der Waals surface area contributed by atoms with E-state index in [0.29, 0.717) is 11.8 Å². The molecule has 0 saturated carbocycles. The molecule has 0 aliphatic rings. The summed E-state index contributed by atoms with van der Waals surface area (Å²) in [6.07, 6.45) is 1.77. The molecule has 25 heavy (non-hydrogen) atoms. The first kappa shape index (κ1) is 18.9. The maximum absolute atomic E-state index is 13.6. The lowest BCUT2D eigenvalue weighted by molar-refractivity contribution is -0.114. The van der Waals surface area contributed by atoms with Crippen LogP contribution < -0.4 is 9.62 Å². The average molecular weight is 368 g/mol. The Morgan fingerprint density at radius 2 is 1.76 bits per heavy atom. The Morgan fingerprint density at radius 1 is 1.12 bits per heavy atom. The van der Waals surface area contributed by atoms with Crippen LogP contribution in [0.2, 0.25) is 0 Å². The van der Waals surface area contributed by atoms with Crippen LogP contribution in [-0.4, -0.2) is 27.1 Å². The van der Waals surface area contributed by atoms with E-state index in [9.17, 15) is 22.0 Å². The molecule has 0 saturated heterocycles. The molecule has 0 bridgehead atoms. The minimum Gasteiger partial charge on any atom is -0.322 e. The third kappa shape index (κ3) is 4.99. The van der Waals surface area contributed by atoms with Gasteiger partial charge in [-0.1, -0.05) is 19.1 Å². The highest BCUT2D eigenvalue weighted by Gasteiger charge is 2.21. The zero-order chi connectivity index (χ0) is 18.6. The largest absolute Gasteiger partial charge is 0.322 e. The molecule has 0 unspecified atom stereocenters. The highest BCUT2D eigenvalue weighted by molar-refractivity contribution is 7.92. The number of amides is 1. The molecule has 0 atom stereocenters. The van der Waals surface area contributed by atoms with E-state index in [1.165, 1.54) is 0 Å². The molecule has 2 aromatic carbocycles. The van der Waals surface area contributed by atoms with Gasteiger partial charge >= 0.3 is 0 Å². The quantitative estimate of drug-likeness (QED) is 0.853. The van der Waals surface area contributed by atoms with Crippen LogP contribution in [0.25, 0.3) is 0 Å². The lowest BCUT2D eigenvalue weighted by Gasteiger charge is -2.22. The SMILES string of the molecule is CCc1ccc(N(CC(=O)Nc2ccc(F)cc2F)S(C)(=O)=O)cc1. The number of hydrogen-bond donors (Lipinski definition) is 1. The predicted molar refractivity (Wildman–Crippen MR) is 93.0 cm³/mol. The van der Waals surface area contributed by atoms with Crippen LogP contribution in [0, 0.1) is 11.6 Å². The number of carbonyl (C=O) groups is 1. The Morgan fingerprint density at radius 3 is 2.28 bits per heavy atom. The third-order valence-corrected chi connectivity index (χ3v) is 4.67. The van der Waals surface area contributed by atoms with Crippen LogP contribution in [0.4, 0.5) is 20.2 Å². The first-order valence-corrected chi connectivity index (χ1v) is 9.37. The van der Waals surface area contributed by atoms with E-state index < -0.39 is 34.1 Å². The summed E-state index contributed by atoms with van der Waals surface area (Å²) in [5.74, 6) is -2.45. The van der Waals surface area contributed by atoms with Crippen LogP contribution in [0.15, 0.2) is 42.5 Å². The standard InChI is InChI=1S/C17H18F2N2O3S/c1-3-12-4-7-14(8-5-12)21(25(2,23)24)11-17(22)20-16-9-6-13(18)10-15(16)19/h4-10H,3,11H2,1-2H3,(H,20,22). The first-order valence-electron chi connectivity index (χ1n) is 7.52. The van der Waals surface area contributed by atoms with Crippen molar-refractivity contribution in [1.29, 1.82) is 0 Å². The number of anilines is 2. The Hall–Kier alpha value is -2.48. The fourth-order valence-corrected chi connectivity index (χ4v) is 3.07. The fourth-order valence-electron chi connectivity index (χ4n) is 2.21. The van der Waals surface area contributed by atoms with Gasteiger partial charge in [-0.3, -0.25) is 9.10 Å². The summed E-state index contributed by atoms with van der Waals surface area (Å²) in [5.41, 5.74) is 1.13. The summed E-state index contributed by atoms with van der Waals surface area (Å²) in [5, 5.41) is 2.25. The highest BCUT2D eigenvalue weighted by Crippen LogP contribution is 2.20. The summed E-state index contributed by atoms with van der Waals surface area (Å²) < 4.78 is 51.4. The summed E-state index contributed by atoms with van der Waals surface area (Å²) in [6, 6.07) is 9.45. The summed E-state index contributed by atoms with van der Waals surface area (Å²) in [7, 11) is -3.72. The van der Waals surface area contributed by atoms with Crippen molar-refractivity contribution in [2.45, 2.75) is 13.3 Å². The van der Waals surface area contributed by atoms with Crippen LogP contribution >= 0.6 is 0 Å². The molecule has 0 aliphatic heterocycles. The van der Waals surface area contributed by atoms with E-state index in [1.54, 1.807) is 24.3 Å². The number of nitrogens with zero attached hydrogens (tertiary/aromatic N) is 1. The Labute approximate surface area is 145 Å². The number of nitrogens with one attached hydrogen (secondary N) is 1. The lowest BCUT2D eigenvalue weighted by Crippen LogP contribution is -2.37. The normalized spacial score (nSPS) is 11.2. The van der Waals surface area contributed by atoms with Gasteiger partial charge in [0.05, 0.1) is 17.6 Å². The van der Waals surface area contributed by atoms with E-state index >= 15 is 0 Å². The van der Waals surface area contributed by atoms with Gasteiger partial charge in [-0.25, -0.2) is 17.2 Å². The van der Waals surface area contributed by atoms with Crippen LogP contribution in [0.1, 0.15) is 12.5 Å². The maximum atomic E-state index is 13.6. The van der Waals surface area contributed by atoms with Gasteiger partial charge in [0.1, 0.15) is 18.2 Å². The van der Waals surface area contributed by atoms with Gasteiger partial charge in [0, 0.05) is 6.07 Å². The van der Waals surface area contributed by atoms with Gasteiger partial charge in [0.25, 0.3) is 0 Å². The van der Waals surface area contributed by atoms with Crippen molar-refractivity contribution in [3.8, 4) is 0 Å².